The van der Waals surface area contributed by atoms with Crippen molar-refractivity contribution in [3.8, 4) is 6.07 Å². The molecule has 0 spiro atoms. The number of nitriles is 1. The van der Waals surface area contributed by atoms with E-state index < -0.39 is 0 Å². The van der Waals surface area contributed by atoms with Gasteiger partial charge in [-0.05, 0) is 36.1 Å². The van der Waals surface area contributed by atoms with Gasteiger partial charge in [0.05, 0.1) is 17.9 Å². The van der Waals surface area contributed by atoms with Crippen LogP contribution < -0.4 is 4.90 Å². The Hall–Kier alpha value is -1.83. The Morgan fingerprint density at radius 3 is 2.80 bits per heavy atom. The third-order valence-corrected chi connectivity index (χ3v) is 4.38. The van der Waals surface area contributed by atoms with Gasteiger partial charge in [0, 0.05) is 24.4 Å². The molecule has 0 fully saturated rings. The summed E-state index contributed by atoms with van der Waals surface area (Å²) in [5, 5.41) is 20.5. The van der Waals surface area contributed by atoms with E-state index in [4.69, 9.17) is 5.11 Å². The molecule has 0 aliphatic carbocycles. The Morgan fingerprint density at radius 2 is 2.20 bits per heavy atom. The Bertz CT molecular complexity index is 601. The molecule has 1 atom stereocenters. The topological polar surface area (TPSA) is 47.3 Å². The van der Waals surface area contributed by atoms with Crippen LogP contribution in [0.1, 0.15) is 22.9 Å². The summed E-state index contributed by atoms with van der Waals surface area (Å²) in [7, 11) is 2.01. The highest BCUT2D eigenvalue weighted by atomic mass is 32.1. The molecule has 20 heavy (non-hydrogen) atoms. The molecule has 1 unspecified atom stereocenters. The third-order valence-electron chi connectivity index (χ3n) is 3.48. The van der Waals surface area contributed by atoms with Gasteiger partial charge in [0.1, 0.15) is 6.07 Å². The largest absolute Gasteiger partial charge is 0.392 e. The number of nitrogens with zero attached hydrogens (tertiary/aromatic N) is 2. The first-order valence-electron chi connectivity index (χ1n) is 6.54. The fourth-order valence-electron chi connectivity index (χ4n) is 2.17. The number of aliphatic hydroxyl groups excluding tert-OH is 1. The lowest BCUT2D eigenvalue weighted by atomic mass is 10.1. The van der Waals surface area contributed by atoms with Gasteiger partial charge in [0.15, 0.2) is 0 Å². The van der Waals surface area contributed by atoms with Crippen molar-refractivity contribution in [3.63, 3.8) is 0 Å². The van der Waals surface area contributed by atoms with Crippen molar-refractivity contribution in [2.24, 2.45) is 0 Å². The summed E-state index contributed by atoms with van der Waals surface area (Å²) in [6, 6.07) is 12.2. The average molecular weight is 286 g/mol. The Balaban J connectivity index is 2.20. The SMILES string of the molecule is CC(Cc1cccs1)N(C)c1ccc(CO)cc1C#N. The van der Waals surface area contributed by atoms with Crippen molar-refractivity contribution < 1.29 is 5.11 Å². The van der Waals surface area contributed by atoms with E-state index in [0.717, 1.165) is 17.7 Å². The van der Waals surface area contributed by atoms with Crippen LogP contribution in [0.3, 0.4) is 0 Å². The normalized spacial score (nSPS) is 11.9. The van der Waals surface area contributed by atoms with E-state index in [1.54, 1.807) is 17.4 Å². The van der Waals surface area contributed by atoms with Crippen molar-refractivity contribution in [1.82, 2.24) is 0 Å². The van der Waals surface area contributed by atoms with E-state index in [0.29, 0.717) is 11.6 Å². The Kier molecular flexibility index (Phi) is 4.78. The fraction of sp³-hybridized carbons (Fsp3) is 0.312. The van der Waals surface area contributed by atoms with Gasteiger partial charge < -0.3 is 10.0 Å². The minimum atomic E-state index is -0.0383. The molecule has 0 amide bonds. The van der Waals surface area contributed by atoms with Crippen LogP contribution in [-0.4, -0.2) is 18.2 Å². The molecule has 1 aromatic heterocycles. The summed E-state index contributed by atoms with van der Waals surface area (Å²) in [5.74, 6) is 0. The Labute approximate surface area is 123 Å². The zero-order valence-corrected chi connectivity index (χ0v) is 12.5. The van der Waals surface area contributed by atoms with E-state index in [2.05, 4.69) is 35.4 Å². The monoisotopic (exact) mass is 286 g/mol. The minimum absolute atomic E-state index is 0.0383. The molecule has 104 valence electrons. The first-order chi connectivity index (χ1) is 9.65. The smallest absolute Gasteiger partial charge is 0.101 e. The van der Waals surface area contributed by atoms with Crippen molar-refractivity contribution >= 4 is 17.0 Å². The van der Waals surface area contributed by atoms with Crippen LogP contribution in [0.25, 0.3) is 0 Å². The number of aliphatic hydroxyl groups is 1. The molecule has 1 aromatic carbocycles. The molecule has 0 radical (unpaired) electrons. The number of likely N-dealkylation sites (N-methyl/N-ethyl adjacent to an activating group) is 1. The summed E-state index contributed by atoms with van der Waals surface area (Å²) in [4.78, 5) is 3.47. The summed E-state index contributed by atoms with van der Waals surface area (Å²) in [6.07, 6.45) is 0.959. The molecule has 1 N–H and O–H groups in total. The van der Waals surface area contributed by atoms with Gasteiger partial charge in [0.25, 0.3) is 0 Å². The fourth-order valence-corrected chi connectivity index (χ4v) is 3.00. The highest BCUT2D eigenvalue weighted by Gasteiger charge is 2.15. The zero-order valence-electron chi connectivity index (χ0n) is 11.7. The molecule has 0 aliphatic heterocycles. The maximum absolute atomic E-state index is 9.27. The summed E-state index contributed by atoms with van der Waals surface area (Å²) in [5.41, 5.74) is 2.29. The maximum Gasteiger partial charge on any atom is 0.101 e. The van der Waals surface area contributed by atoms with Crippen LogP contribution >= 0.6 is 11.3 Å². The number of benzene rings is 1. The van der Waals surface area contributed by atoms with Crippen molar-refractivity contribution in [3.05, 3.63) is 51.7 Å². The number of hydrogen-bond donors (Lipinski definition) is 1. The van der Waals surface area contributed by atoms with Gasteiger partial charge in [-0.3, -0.25) is 0 Å². The van der Waals surface area contributed by atoms with Crippen molar-refractivity contribution in [1.29, 1.82) is 5.26 Å². The minimum Gasteiger partial charge on any atom is -0.392 e. The second-order valence-electron chi connectivity index (χ2n) is 4.86. The molecule has 2 rings (SSSR count). The first kappa shape index (κ1) is 14.6. The van der Waals surface area contributed by atoms with E-state index in [1.165, 1.54) is 4.88 Å². The number of rotatable bonds is 5. The lowest BCUT2D eigenvalue weighted by molar-refractivity contribution is 0.282. The predicted molar refractivity (Wildman–Crippen MR) is 83.0 cm³/mol. The highest BCUT2D eigenvalue weighted by molar-refractivity contribution is 7.09. The van der Waals surface area contributed by atoms with E-state index in [1.807, 2.05) is 19.2 Å². The lowest BCUT2D eigenvalue weighted by Gasteiger charge is -2.27. The van der Waals surface area contributed by atoms with E-state index in [-0.39, 0.29) is 6.61 Å². The van der Waals surface area contributed by atoms with Crippen LogP contribution in [0.5, 0.6) is 0 Å². The molecular weight excluding hydrogens is 268 g/mol. The molecule has 0 bridgehead atoms. The van der Waals surface area contributed by atoms with Crippen LogP contribution in [-0.2, 0) is 13.0 Å². The van der Waals surface area contributed by atoms with Crippen molar-refractivity contribution in [2.75, 3.05) is 11.9 Å². The molecule has 4 heteroatoms. The molecule has 0 saturated heterocycles. The first-order valence-corrected chi connectivity index (χ1v) is 7.42. The quantitative estimate of drug-likeness (QED) is 0.918. The number of anilines is 1. The third kappa shape index (κ3) is 3.19. The van der Waals surface area contributed by atoms with Gasteiger partial charge in [-0.25, -0.2) is 0 Å². The van der Waals surface area contributed by atoms with Crippen LogP contribution in [0, 0.1) is 11.3 Å². The van der Waals surface area contributed by atoms with Gasteiger partial charge >= 0.3 is 0 Å². The standard InChI is InChI=1S/C16H18N2OS/c1-12(8-15-4-3-7-20-15)18(2)16-6-5-13(11-19)9-14(16)10-17/h3-7,9,12,19H,8,11H2,1-2H3. The van der Waals surface area contributed by atoms with Crippen LogP contribution in [0.4, 0.5) is 5.69 Å². The zero-order chi connectivity index (χ0) is 14.5. The van der Waals surface area contributed by atoms with Crippen LogP contribution in [0.2, 0.25) is 0 Å². The second-order valence-corrected chi connectivity index (χ2v) is 5.90. The van der Waals surface area contributed by atoms with Gasteiger partial charge in [-0.1, -0.05) is 12.1 Å². The summed E-state index contributed by atoms with van der Waals surface area (Å²) < 4.78 is 0. The Morgan fingerprint density at radius 1 is 1.40 bits per heavy atom. The average Bonchev–Trinajstić information content (AvgIpc) is 2.98. The molecule has 2 aromatic rings. The van der Waals surface area contributed by atoms with Gasteiger partial charge in [-0.2, -0.15) is 5.26 Å². The van der Waals surface area contributed by atoms with Crippen molar-refractivity contribution in [2.45, 2.75) is 26.0 Å². The molecular formula is C16H18N2OS. The van der Waals surface area contributed by atoms with Gasteiger partial charge in [-0.15, -0.1) is 11.3 Å². The molecule has 3 nitrogen and oxygen atoms in total. The number of thiophene rings is 1. The predicted octanol–water partition coefficient (Wildman–Crippen LogP) is 3.18. The lowest BCUT2D eigenvalue weighted by Crippen LogP contribution is -2.31. The van der Waals surface area contributed by atoms with E-state index in [9.17, 15) is 5.26 Å². The van der Waals surface area contributed by atoms with Gasteiger partial charge in [0.2, 0.25) is 0 Å². The molecule has 1 heterocycles. The maximum atomic E-state index is 9.27. The number of hydrogen-bond acceptors (Lipinski definition) is 4. The summed E-state index contributed by atoms with van der Waals surface area (Å²) >= 11 is 1.76. The van der Waals surface area contributed by atoms with Crippen LogP contribution in [0.15, 0.2) is 35.7 Å². The molecule has 0 saturated carbocycles. The summed E-state index contributed by atoms with van der Waals surface area (Å²) in [6.45, 7) is 2.12. The van der Waals surface area contributed by atoms with E-state index >= 15 is 0 Å². The molecule has 0 aliphatic rings. The highest BCUT2D eigenvalue weighted by Crippen LogP contribution is 2.24. The second kappa shape index (κ2) is 6.56.